The molecule has 0 heterocycles. The SMILES string of the molecule is CCCCCOc1ccc(CN(C)C(=O)CCl)cc1. The van der Waals surface area contributed by atoms with Crippen LogP contribution in [0.15, 0.2) is 24.3 Å². The Labute approximate surface area is 120 Å². The lowest BCUT2D eigenvalue weighted by atomic mass is 10.2. The highest BCUT2D eigenvalue weighted by Gasteiger charge is 2.07. The van der Waals surface area contributed by atoms with Crippen LogP contribution in [0.25, 0.3) is 0 Å². The van der Waals surface area contributed by atoms with Gasteiger partial charge in [0.05, 0.1) is 6.61 Å². The fourth-order valence-electron chi connectivity index (χ4n) is 1.70. The lowest BCUT2D eigenvalue weighted by Crippen LogP contribution is -2.26. The highest BCUT2D eigenvalue weighted by Crippen LogP contribution is 2.14. The van der Waals surface area contributed by atoms with Gasteiger partial charge in [0, 0.05) is 13.6 Å². The maximum Gasteiger partial charge on any atom is 0.237 e. The molecule has 0 atom stereocenters. The zero-order valence-corrected chi connectivity index (χ0v) is 12.4. The number of benzene rings is 1. The van der Waals surface area contributed by atoms with Crippen molar-refractivity contribution in [3.8, 4) is 5.75 Å². The Balaban J connectivity index is 2.41. The van der Waals surface area contributed by atoms with Gasteiger partial charge in [-0.1, -0.05) is 31.9 Å². The van der Waals surface area contributed by atoms with E-state index in [1.54, 1.807) is 11.9 Å². The quantitative estimate of drug-likeness (QED) is 0.540. The summed E-state index contributed by atoms with van der Waals surface area (Å²) in [5.74, 6) is 0.836. The van der Waals surface area contributed by atoms with E-state index in [2.05, 4.69) is 6.92 Å². The van der Waals surface area contributed by atoms with Crippen LogP contribution in [0, 0.1) is 0 Å². The molecule has 0 aromatic heterocycles. The number of hydrogen-bond acceptors (Lipinski definition) is 2. The van der Waals surface area contributed by atoms with Gasteiger partial charge in [-0.05, 0) is 24.1 Å². The highest BCUT2D eigenvalue weighted by molar-refractivity contribution is 6.27. The number of rotatable bonds is 8. The fourth-order valence-corrected chi connectivity index (χ4v) is 1.90. The Hall–Kier alpha value is -1.22. The summed E-state index contributed by atoms with van der Waals surface area (Å²) in [6, 6.07) is 7.85. The molecule has 0 fully saturated rings. The summed E-state index contributed by atoms with van der Waals surface area (Å²) >= 11 is 5.51. The number of ether oxygens (including phenoxy) is 1. The van der Waals surface area contributed by atoms with E-state index in [4.69, 9.17) is 16.3 Å². The van der Waals surface area contributed by atoms with E-state index in [0.717, 1.165) is 24.3 Å². The van der Waals surface area contributed by atoms with Gasteiger partial charge in [0.25, 0.3) is 0 Å². The average Bonchev–Trinajstić information content (AvgIpc) is 2.44. The molecule has 0 aliphatic heterocycles. The van der Waals surface area contributed by atoms with Crippen LogP contribution in [0.4, 0.5) is 0 Å². The van der Waals surface area contributed by atoms with Crippen LogP contribution in [0.5, 0.6) is 5.75 Å². The van der Waals surface area contributed by atoms with E-state index in [1.165, 1.54) is 12.8 Å². The van der Waals surface area contributed by atoms with Crippen molar-refractivity contribution in [1.29, 1.82) is 0 Å². The van der Waals surface area contributed by atoms with Crippen molar-refractivity contribution in [2.45, 2.75) is 32.7 Å². The largest absolute Gasteiger partial charge is 0.494 e. The second kappa shape index (κ2) is 8.81. The molecule has 0 saturated carbocycles. The number of nitrogens with zero attached hydrogens (tertiary/aromatic N) is 1. The third-order valence-electron chi connectivity index (χ3n) is 2.90. The first-order valence-corrected chi connectivity index (χ1v) is 7.22. The number of amides is 1. The summed E-state index contributed by atoms with van der Waals surface area (Å²) < 4.78 is 5.64. The molecule has 0 bridgehead atoms. The molecule has 0 aliphatic rings. The summed E-state index contributed by atoms with van der Waals surface area (Å²) in [7, 11) is 1.75. The first-order valence-electron chi connectivity index (χ1n) is 6.69. The summed E-state index contributed by atoms with van der Waals surface area (Å²) in [6.07, 6.45) is 3.48. The maximum absolute atomic E-state index is 11.4. The minimum atomic E-state index is -0.0680. The Morgan fingerprint density at radius 2 is 1.95 bits per heavy atom. The molecule has 0 spiro atoms. The minimum Gasteiger partial charge on any atom is -0.494 e. The molecule has 0 radical (unpaired) electrons. The minimum absolute atomic E-state index is 0.0229. The molecule has 0 unspecified atom stereocenters. The number of unbranched alkanes of at least 4 members (excludes halogenated alkanes) is 2. The number of hydrogen-bond donors (Lipinski definition) is 0. The molecule has 1 rings (SSSR count). The summed E-state index contributed by atoms with van der Waals surface area (Å²) in [4.78, 5) is 13.0. The van der Waals surface area contributed by atoms with Gasteiger partial charge < -0.3 is 9.64 Å². The lowest BCUT2D eigenvalue weighted by molar-refractivity contribution is -0.127. The molecule has 1 aromatic rings. The molecular weight excluding hydrogens is 262 g/mol. The Morgan fingerprint density at radius 1 is 1.26 bits per heavy atom. The van der Waals surface area contributed by atoms with Crippen LogP contribution in [-0.2, 0) is 11.3 Å². The van der Waals surface area contributed by atoms with Crippen molar-refractivity contribution in [3.63, 3.8) is 0 Å². The van der Waals surface area contributed by atoms with Gasteiger partial charge in [-0.15, -0.1) is 11.6 Å². The van der Waals surface area contributed by atoms with E-state index in [-0.39, 0.29) is 11.8 Å². The lowest BCUT2D eigenvalue weighted by Gasteiger charge is -2.16. The van der Waals surface area contributed by atoms with Crippen LogP contribution in [-0.4, -0.2) is 30.3 Å². The van der Waals surface area contributed by atoms with Gasteiger partial charge in [-0.25, -0.2) is 0 Å². The maximum atomic E-state index is 11.4. The van der Waals surface area contributed by atoms with Crippen LogP contribution >= 0.6 is 11.6 Å². The van der Waals surface area contributed by atoms with Crippen molar-refractivity contribution in [1.82, 2.24) is 4.90 Å². The second-order valence-electron chi connectivity index (χ2n) is 4.58. The Morgan fingerprint density at radius 3 is 2.53 bits per heavy atom. The van der Waals surface area contributed by atoms with Gasteiger partial charge in [0.15, 0.2) is 0 Å². The van der Waals surface area contributed by atoms with E-state index >= 15 is 0 Å². The number of halogens is 1. The van der Waals surface area contributed by atoms with E-state index in [1.807, 2.05) is 24.3 Å². The van der Waals surface area contributed by atoms with Crippen molar-refractivity contribution in [2.24, 2.45) is 0 Å². The Kier molecular flexibility index (Phi) is 7.34. The molecule has 3 nitrogen and oxygen atoms in total. The summed E-state index contributed by atoms with van der Waals surface area (Å²) in [5, 5.41) is 0. The third-order valence-corrected chi connectivity index (χ3v) is 3.13. The molecule has 0 N–H and O–H groups in total. The molecule has 106 valence electrons. The predicted molar refractivity (Wildman–Crippen MR) is 78.7 cm³/mol. The first-order chi connectivity index (χ1) is 9.17. The van der Waals surface area contributed by atoms with Crippen molar-refractivity contribution < 1.29 is 9.53 Å². The van der Waals surface area contributed by atoms with Crippen molar-refractivity contribution in [3.05, 3.63) is 29.8 Å². The zero-order valence-electron chi connectivity index (χ0n) is 11.7. The van der Waals surface area contributed by atoms with Crippen molar-refractivity contribution in [2.75, 3.05) is 19.5 Å². The van der Waals surface area contributed by atoms with Crippen LogP contribution < -0.4 is 4.74 Å². The van der Waals surface area contributed by atoms with Gasteiger partial charge in [-0.2, -0.15) is 0 Å². The molecule has 0 aliphatic carbocycles. The van der Waals surface area contributed by atoms with Crippen molar-refractivity contribution >= 4 is 17.5 Å². The van der Waals surface area contributed by atoms with E-state index in [0.29, 0.717) is 6.54 Å². The second-order valence-corrected chi connectivity index (χ2v) is 4.85. The standard InChI is InChI=1S/C15H22ClNO2/c1-3-4-5-10-19-14-8-6-13(7-9-14)12-17(2)15(18)11-16/h6-9H,3-5,10-12H2,1-2H3. The number of carbonyl (C=O) groups is 1. The zero-order chi connectivity index (χ0) is 14.1. The number of carbonyl (C=O) groups excluding carboxylic acids is 1. The molecule has 4 heteroatoms. The monoisotopic (exact) mass is 283 g/mol. The van der Waals surface area contributed by atoms with Gasteiger partial charge in [0.1, 0.15) is 11.6 Å². The molecule has 1 amide bonds. The predicted octanol–water partition coefficient (Wildman–Crippen LogP) is 3.45. The summed E-state index contributed by atoms with van der Waals surface area (Å²) in [6.45, 7) is 3.51. The van der Waals surface area contributed by atoms with Gasteiger partial charge >= 0.3 is 0 Å². The molecule has 0 saturated heterocycles. The summed E-state index contributed by atoms with van der Waals surface area (Å²) in [5.41, 5.74) is 1.07. The van der Waals surface area contributed by atoms with E-state index in [9.17, 15) is 4.79 Å². The van der Waals surface area contributed by atoms with Gasteiger partial charge in [-0.3, -0.25) is 4.79 Å². The smallest absolute Gasteiger partial charge is 0.237 e. The van der Waals surface area contributed by atoms with Crippen LogP contribution in [0.2, 0.25) is 0 Å². The molecule has 1 aromatic carbocycles. The van der Waals surface area contributed by atoms with Gasteiger partial charge in [0.2, 0.25) is 5.91 Å². The molecule has 19 heavy (non-hydrogen) atoms. The third kappa shape index (κ3) is 5.97. The topological polar surface area (TPSA) is 29.5 Å². The highest BCUT2D eigenvalue weighted by atomic mass is 35.5. The molecular formula is C15H22ClNO2. The van der Waals surface area contributed by atoms with Crippen LogP contribution in [0.3, 0.4) is 0 Å². The first kappa shape index (κ1) is 15.8. The van der Waals surface area contributed by atoms with E-state index < -0.39 is 0 Å². The number of alkyl halides is 1. The fraction of sp³-hybridized carbons (Fsp3) is 0.533. The average molecular weight is 284 g/mol. The van der Waals surface area contributed by atoms with Crippen LogP contribution in [0.1, 0.15) is 31.7 Å². The normalized spacial score (nSPS) is 10.3. The Bertz CT molecular complexity index is 378.